The molecule has 0 spiro atoms. The Morgan fingerprint density at radius 3 is 2.58 bits per heavy atom. The number of anilines is 6. The van der Waals surface area contributed by atoms with Gasteiger partial charge in [-0.15, -0.1) is 0 Å². The van der Waals surface area contributed by atoms with Crippen LogP contribution < -0.4 is 25.6 Å². The molecule has 1 amide bonds. The van der Waals surface area contributed by atoms with Gasteiger partial charge in [-0.3, -0.25) is 4.79 Å². The predicted molar refractivity (Wildman–Crippen MR) is 137 cm³/mol. The molecule has 3 N–H and O–H groups in total. The molecule has 3 aromatic rings. The SMILES string of the molecule is COc1cc(N(C)CCN(C)C)c(NC=O)cc1Nc1nccc(Nc2cccc(Br)c2)n1. The van der Waals surface area contributed by atoms with E-state index in [-0.39, 0.29) is 0 Å². The summed E-state index contributed by atoms with van der Waals surface area (Å²) in [5, 5.41) is 9.24. The van der Waals surface area contributed by atoms with Gasteiger partial charge in [-0.2, -0.15) is 4.98 Å². The Kier molecular flexibility index (Phi) is 8.45. The van der Waals surface area contributed by atoms with Crippen molar-refractivity contribution in [3.05, 3.63) is 53.1 Å². The van der Waals surface area contributed by atoms with Gasteiger partial charge >= 0.3 is 0 Å². The highest BCUT2D eigenvalue weighted by Gasteiger charge is 2.15. The topological polar surface area (TPSA) is 94.7 Å². The maximum atomic E-state index is 11.3. The molecule has 0 atom stereocenters. The van der Waals surface area contributed by atoms with Gasteiger partial charge < -0.3 is 30.5 Å². The van der Waals surface area contributed by atoms with E-state index in [0.717, 1.165) is 28.9 Å². The molecule has 0 aliphatic heterocycles. The Hall–Kier alpha value is -3.37. The molecule has 0 aliphatic carbocycles. The van der Waals surface area contributed by atoms with Crippen LogP contribution in [0.25, 0.3) is 0 Å². The van der Waals surface area contributed by atoms with Crippen molar-refractivity contribution in [2.75, 3.05) is 62.2 Å². The fourth-order valence-corrected chi connectivity index (χ4v) is 3.52. The van der Waals surface area contributed by atoms with Gasteiger partial charge in [0.1, 0.15) is 11.6 Å². The lowest BCUT2D eigenvalue weighted by molar-refractivity contribution is -0.105. The lowest BCUT2D eigenvalue weighted by Gasteiger charge is -2.25. The second-order valence-corrected chi connectivity index (χ2v) is 8.50. The number of benzene rings is 2. The minimum Gasteiger partial charge on any atom is -0.494 e. The van der Waals surface area contributed by atoms with Crippen LogP contribution in [0.5, 0.6) is 5.75 Å². The summed E-state index contributed by atoms with van der Waals surface area (Å²) in [6.07, 6.45) is 2.32. The van der Waals surface area contributed by atoms with E-state index in [9.17, 15) is 4.79 Å². The molecule has 2 aromatic carbocycles. The Balaban J connectivity index is 1.86. The van der Waals surface area contributed by atoms with Crippen LogP contribution in [-0.2, 0) is 4.79 Å². The summed E-state index contributed by atoms with van der Waals surface area (Å²) in [6, 6.07) is 13.3. The largest absolute Gasteiger partial charge is 0.494 e. The Labute approximate surface area is 202 Å². The van der Waals surface area contributed by atoms with Crippen molar-refractivity contribution in [2.24, 2.45) is 0 Å². The minimum absolute atomic E-state index is 0.388. The number of nitrogens with one attached hydrogen (secondary N) is 3. The summed E-state index contributed by atoms with van der Waals surface area (Å²) < 4.78 is 6.58. The van der Waals surface area contributed by atoms with E-state index in [0.29, 0.717) is 35.3 Å². The summed E-state index contributed by atoms with van der Waals surface area (Å²) in [5.74, 6) is 1.63. The van der Waals surface area contributed by atoms with E-state index in [4.69, 9.17) is 4.74 Å². The third kappa shape index (κ3) is 6.80. The van der Waals surface area contributed by atoms with Crippen molar-refractivity contribution in [1.82, 2.24) is 14.9 Å². The molecular formula is C23H28BrN7O2. The van der Waals surface area contributed by atoms with Gasteiger partial charge in [-0.05, 0) is 44.4 Å². The van der Waals surface area contributed by atoms with Gasteiger partial charge in [0.2, 0.25) is 12.4 Å². The monoisotopic (exact) mass is 513 g/mol. The van der Waals surface area contributed by atoms with Crippen molar-refractivity contribution in [1.29, 1.82) is 0 Å². The van der Waals surface area contributed by atoms with E-state index < -0.39 is 0 Å². The van der Waals surface area contributed by atoms with E-state index >= 15 is 0 Å². The molecule has 1 aromatic heterocycles. The summed E-state index contributed by atoms with van der Waals surface area (Å²) in [5.41, 5.74) is 3.02. The molecule has 0 saturated heterocycles. The van der Waals surface area contributed by atoms with Gasteiger partial charge in [0.15, 0.2) is 0 Å². The number of ether oxygens (including phenoxy) is 1. The van der Waals surface area contributed by atoms with Gasteiger partial charge in [0, 0.05) is 42.6 Å². The Morgan fingerprint density at radius 1 is 1.06 bits per heavy atom. The first-order valence-electron chi connectivity index (χ1n) is 10.3. The molecule has 174 valence electrons. The Morgan fingerprint density at radius 2 is 1.88 bits per heavy atom. The number of rotatable bonds is 11. The van der Waals surface area contributed by atoms with Crippen LogP contribution in [0.2, 0.25) is 0 Å². The fourth-order valence-electron chi connectivity index (χ4n) is 3.12. The zero-order valence-corrected chi connectivity index (χ0v) is 20.7. The molecule has 9 nitrogen and oxygen atoms in total. The van der Waals surface area contributed by atoms with Crippen LogP contribution in [0.15, 0.2) is 53.1 Å². The van der Waals surface area contributed by atoms with Gasteiger partial charge in [0.25, 0.3) is 0 Å². The highest BCUT2D eigenvalue weighted by molar-refractivity contribution is 9.10. The van der Waals surface area contributed by atoms with Gasteiger partial charge in [-0.25, -0.2) is 4.98 Å². The van der Waals surface area contributed by atoms with E-state index in [1.807, 2.05) is 57.5 Å². The van der Waals surface area contributed by atoms with Gasteiger partial charge in [-0.1, -0.05) is 22.0 Å². The number of amides is 1. The minimum atomic E-state index is 0.388. The standard InChI is InChI=1S/C23H28BrN7O2/c1-30(2)10-11-31(3)20-14-21(33-4)19(13-18(20)26-15-32)28-23-25-9-8-22(29-23)27-17-7-5-6-16(24)12-17/h5-9,12-15H,10-11H2,1-4H3,(H,26,32)(H2,25,27,28,29). The first-order chi connectivity index (χ1) is 15.9. The zero-order chi connectivity index (χ0) is 23.8. The molecule has 33 heavy (non-hydrogen) atoms. The average Bonchev–Trinajstić information content (AvgIpc) is 2.78. The van der Waals surface area contributed by atoms with Gasteiger partial charge in [0.05, 0.1) is 24.2 Å². The van der Waals surface area contributed by atoms with Crippen molar-refractivity contribution < 1.29 is 9.53 Å². The molecule has 1 heterocycles. The summed E-state index contributed by atoms with van der Waals surface area (Å²) >= 11 is 3.47. The van der Waals surface area contributed by atoms with Crippen LogP contribution >= 0.6 is 15.9 Å². The molecule has 0 saturated carbocycles. The number of carbonyl (C=O) groups excluding carboxylic acids is 1. The number of likely N-dealkylation sites (N-methyl/N-ethyl adjacent to an activating group) is 2. The molecule has 0 aliphatic rings. The highest BCUT2D eigenvalue weighted by Crippen LogP contribution is 2.37. The second-order valence-electron chi connectivity index (χ2n) is 7.58. The normalized spacial score (nSPS) is 10.6. The Bertz CT molecular complexity index is 1090. The van der Waals surface area contributed by atoms with Crippen LogP contribution in [0.4, 0.5) is 34.5 Å². The van der Waals surface area contributed by atoms with Crippen molar-refractivity contribution in [3.63, 3.8) is 0 Å². The summed E-state index contributed by atoms with van der Waals surface area (Å²) in [7, 11) is 7.61. The zero-order valence-electron chi connectivity index (χ0n) is 19.1. The molecule has 0 bridgehead atoms. The van der Waals surface area contributed by atoms with Crippen LogP contribution in [0, 0.1) is 0 Å². The fraction of sp³-hybridized carbons (Fsp3) is 0.261. The van der Waals surface area contributed by atoms with Crippen molar-refractivity contribution >= 4 is 56.9 Å². The molecule has 10 heteroatoms. The molecule has 0 fully saturated rings. The molecular weight excluding hydrogens is 486 g/mol. The lowest BCUT2D eigenvalue weighted by Crippen LogP contribution is -2.29. The smallest absolute Gasteiger partial charge is 0.229 e. The quantitative estimate of drug-likeness (QED) is 0.326. The molecule has 0 radical (unpaired) electrons. The van der Waals surface area contributed by atoms with E-state index in [1.54, 1.807) is 19.4 Å². The summed E-state index contributed by atoms with van der Waals surface area (Å²) in [6.45, 7) is 1.65. The molecule has 3 rings (SSSR count). The summed E-state index contributed by atoms with van der Waals surface area (Å²) in [4.78, 5) is 24.3. The van der Waals surface area contributed by atoms with Crippen LogP contribution in [-0.4, -0.2) is 62.6 Å². The lowest BCUT2D eigenvalue weighted by atomic mass is 10.2. The first kappa shape index (κ1) is 24.3. The molecule has 0 unspecified atom stereocenters. The number of methoxy groups -OCH3 is 1. The van der Waals surface area contributed by atoms with Crippen LogP contribution in [0.1, 0.15) is 0 Å². The maximum absolute atomic E-state index is 11.3. The first-order valence-corrected chi connectivity index (χ1v) is 11.1. The number of halogens is 1. The predicted octanol–water partition coefficient (Wildman–Crippen LogP) is 4.30. The third-order valence-corrected chi connectivity index (χ3v) is 5.32. The average molecular weight is 514 g/mol. The maximum Gasteiger partial charge on any atom is 0.229 e. The number of carbonyl (C=O) groups is 1. The van der Waals surface area contributed by atoms with Crippen molar-refractivity contribution in [3.8, 4) is 5.75 Å². The third-order valence-electron chi connectivity index (χ3n) is 4.83. The highest BCUT2D eigenvalue weighted by atomic mass is 79.9. The van der Waals surface area contributed by atoms with E-state index in [2.05, 4.69) is 51.6 Å². The number of hydrogen-bond donors (Lipinski definition) is 3. The van der Waals surface area contributed by atoms with Crippen LogP contribution in [0.3, 0.4) is 0 Å². The number of nitrogens with zero attached hydrogens (tertiary/aromatic N) is 4. The second kappa shape index (κ2) is 11.5. The number of aromatic nitrogens is 2. The van der Waals surface area contributed by atoms with Crippen molar-refractivity contribution in [2.45, 2.75) is 0 Å². The van der Waals surface area contributed by atoms with E-state index in [1.165, 1.54) is 0 Å². The number of hydrogen-bond acceptors (Lipinski definition) is 8.